The number of nitriles is 2. The fourth-order valence-electron chi connectivity index (χ4n) is 3.79. The summed E-state index contributed by atoms with van der Waals surface area (Å²) in [4.78, 5) is 18.2. The second-order valence-electron chi connectivity index (χ2n) is 7.06. The Labute approximate surface area is 178 Å². The highest BCUT2D eigenvalue weighted by Crippen LogP contribution is 2.26. The number of likely N-dealkylation sites (tertiary alicyclic amines) is 1. The van der Waals surface area contributed by atoms with E-state index in [1.807, 2.05) is 6.07 Å². The van der Waals surface area contributed by atoms with Crippen LogP contribution in [0.25, 0.3) is 0 Å². The third-order valence-electron chi connectivity index (χ3n) is 5.27. The molecule has 2 fully saturated rings. The molecule has 1 amide bonds. The Bertz CT molecular complexity index is 715. The van der Waals surface area contributed by atoms with Gasteiger partial charge in [0.2, 0.25) is 5.91 Å². The van der Waals surface area contributed by atoms with Gasteiger partial charge >= 0.3 is 0 Å². The minimum atomic E-state index is -0.246. The number of rotatable bonds is 6. The van der Waals surface area contributed by atoms with Crippen LogP contribution in [0, 0.1) is 28.6 Å². The molecule has 9 heteroatoms. The fourth-order valence-corrected chi connectivity index (χ4v) is 3.79. The molecule has 28 heavy (non-hydrogen) atoms. The van der Waals surface area contributed by atoms with E-state index in [1.54, 1.807) is 17.2 Å². The van der Waals surface area contributed by atoms with Crippen molar-refractivity contribution in [2.45, 2.75) is 44.2 Å². The van der Waals surface area contributed by atoms with Crippen molar-refractivity contribution in [2.75, 3.05) is 25.0 Å². The predicted octanol–water partition coefficient (Wildman–Crippen LogP) is 2.48. The summed E-state index contributed by atoms with van der Waals surface area (Å²) in [6, 6.07) is 7.96. The lowest BCUT2D eigenvalue weighted by Crippen LogP contribution is -2.43. The monoisotopic (exact) mass is 424 g/mol. The third kappa shape index (κ3) is 6.24. The molecule has 1 saturated heterocycles. The van der Waals surface area contributed by atoms with Gasteiger partial charge in [0.1, 0.15) is 17.9 Å². The molecule has 3 atom stereocenters. The van der Waals surface area contributed by atoms with Gasteiger partial charge in [0.25, 0.3) is 0 Å². The molecule has 0 aromatic carbocycles. The molecule has 1 aromatic heterocycles. The first-order valence-electron chi connectivity index (χ1n) is 9.22. The van der Waals surface area contributed by atoms with Crippen molar-refractivity contribution in [1.29, 1.82) is 10.5 Å². The molecule has 1 aliphatic heterocycles. The first-order chi connectivity index (χ1) is 12.7. The number of nitrogens with zero attached hydrogens (tertiary/aromatic N) is 4. The van der Waals surface area contributed by atoms with E-state index in [9.17, 15) is 4.79 Å². The van der Waals surface area contributed by atoms with Crippen LogP contribution in [-0.2, 0) is 4.79 Å². The molecule has 1 saturated carbocycles. The lowest BCUT2D eigenvalue weighted by Gasteiger charge is -2.21. The summed E-state index contributed by atoms with van der Waals surface area (Å²) in [6.07, 6.45) is 6.48. The average Bonchev–Trinajstić information content (AvgIpc) is 3.34. The number of aromatic nitrogens is 1. The van der Waals surface area contributed by atoms with E-state index in [2.05, 4.69) is 27.8 Å². The van der Waals surface area contributed by atoms with E-state index in [-0.39, 0.29) is 36.8 Å². The lowest BCUT2D eigenvalue weighted by atomic mass is 10.1. The van der Waals surface area contributed by atoms with Crippen molar-refractivity contribution in [3.8, 4) is 12.1 Å². The first kappa shape index (κ1) is 24.0. The predicted molar refractivity (Wildman–Crippen MR) is 111 cm³/mol. The van der Waals surface area contributed by atoms with Gasteiger partial charge < -0.3 is 15.5 Å². The molecule has 0 spiro atoms. The zero-order valence-corrected chi connectivity index (χ0v) is 17.3. The molecule has 0 bridgehead atoms. The molecule has 152 valence electrons. The molecule has 1 aliphatic carbocycles. The number of nitrogens with one attached hydrogen (secondary N) is 2. The summed E-state index contributed by atoms with van der Waals surface area (Å²) >= 11 is 0. The Morgan fingerprint density at radius 1 is 1.25 bits per heavy atom. The van der Waals surface area contributed by atoms with Crippen LogP contribution >= 0.6 is 24.8 Å². The first-order valence-corrected chi connectivity index (χ1v) is 9.22. The molecule has 3 rings (SSSR count). The van der Waals surface area contributed by atoms with Crippen LogP contribution in [-0.4, -0.2) is 47.5 Å². The highest BCUT2D eigenvalue weighted by atomic mass is 35.5. The van der Waals surface area contributed by atoms with Crippen LogP contribution < -0.4 is 10.6 Å². The van der Waals surface area contributed by atoms with Crippen molar-refractivity contribution in [1.82, 2.24) is 15.2 Å². The number of hydrogen-bond acceptors (Lipinski definition) is 6. The molecule has 2 aliphatic rings. The summed E-state index contributed by atoms with van der Waals surface area (Å²) in [5.41, 5.74) is 0.557. The lowest BCUT2D eigenvalue weighted by molar-refractivity contribution is -0.130. The Morgan fingerprint density at radius 2 is 2.07 bits per heavy atom. The van der Waals surface area contributed by atoms with Crippen LogP contribution in [0.15, 0.2) is 18.3 Å². The van der Waals surface area contributed by atoms with Gasteiger partial charge in [-0.2, -0.15) is 10.5 Å². The van der Waals surface area contributed by atoms with E-state index >= 15 is 0 Å². The Morgan fingerprint density at radius 3 is 2.75 bits per heavy atom. The van der Waals surface area contributed by atoms with E-state index < -0.39 is 0 Å². The van der Waals surface area contributed by atoms with Crippen molar-refractivity contribution >= 4 is 36.5 Å². The van der Waals surface area contributed by atoms with Gasteiger partial charge in [-0.1, -0.05) is 0 Å². The second kappa shape index (κ2) is 11.7. The van der Waals surface area contributed by atoms with Crippen molar-refractivity contribution in [3.63, 3.8) is 0 Å². The molecule has 1 aromatic rings. The van der Waals surface area contributed by atoms with Crippen molar-refractivity contribution in [3.05, 3.63) is 23.9 Å². The highest BCUT2D eigenvalue weighted by Gasteiger charge is 2.30. The van der Waals surface area contributed by atoms with Crippen LogP contribution in [0.1, 0.15) is 37.7 Å². The van der Waals surface area contributed by atoms with E-state index in [0.29, 0.717) is 30.6 Å². The largest absolute Gasteiger partial charge is 0.370 e. The SMILES string of the molecule is Cl.Cl.N#Cc1ccc(NC[C@H]2CC[C@@H](NCC(=O)N3CCC[C@H]3C#N)C2)nc1. The maximum Gasteiger partial charge on any atom is 0.237 e. The van der Waals surface area contributed by atoms with Gasteiger partial charge in [-0.05, 0) is 50.2 Å². The number of carbonyl (C=O) groups is 1. The number of halogens is 2. The number of pyridine rings is 1. The maximum absolute atomic E-state index is 12.3. The maximum atomic E-state index is 12.3. The standard InChI is InChI=1S/C19H24N6O.2ClH/c20-9-15-4-6-18(24-12-15)23-11-14-3-5-16(8-14)22-13-19(26)25-7-1-2-17(25)10-21;;/h4,6,12,14,16-17,22H,1-3,5,7-8,11,13H2,(H,23,24);2*1H/t14-,16+,17-;;/m0../s1. The van der Waals surface area contributed by atoms with Gasteiger partial charge in [0.05, 0.1) is 18.2 Å². The topological polar surface area (TPSA) is 105 Å². The molecule has 2 heterocycles. The van der Waals surface area contributed by atoms with Crippen molar-refractivity contribution < 1.29 is 4.79 Å². The smallest absolute Gasteiger partial charge is 0.237 e. The summed E-state index contributed by atoms with van der Waals surface area (Å²) < 4.78 is 0. The van der Waals surface area contributed by atoms with E-state index in [0.717, 1.165) is 44.5 Å². The molecule has 2 N–H and O–H groups in total. The van der Waals surface area contributed by atoms with Crippen LogP contribution in [0.5, 0.6) is 0 Å². The quantitative estimate of drug-likeness (QED) is 0.726. The molecule has 0 unspecified atom stereocenters. The summed E-state index contributed by atoms with van der Waals surface area (Å²) in [5.74, 6) is 1.36. The molecular weight excluding hydrogens is 399 g/mol. The Hall–Kier alpha value is -2.06. The van der Waals surface area contributed by atoms with Crippen LogP contribution in [0.2, 0.25) is 0 Å². The minimum Gasteiger partial charge on any atom is -0.370 e. The Kier molecular flexibility index (Phi) is 10.0. The van der Waals surface area contributed by atoms with Gasteiger partial charge in [0.15, 0.2) is 0 Å². The van der Waals surface area contributed by atoms with E-state index in [4.69, 9.17) is 10.5 Å². The van der Waals surface area contributed by atoms with Crippen molar-refractivity contribution in [2.24, 2.45) is 5.92 Å². The fraction of sp³-hybridized carbons (Fsp3) is 0.579. The summed E-state index contributed by atoms with van der Waals surface area (Å²) in [5, 5.41) is 24.6. The number of carbonyl (C=O) groups excluding carboxylic acids is 1. The third-order valence-corrected chi connectivity index (χ3v) is 5.27. The number of anilines is 1. The van der Waals surface area contributed by atoms with Crippen LogP contribution in [0.4, 0.5) is 5.82 Å². The Balaban J connectivity index is 0.00000196. The average molecular weight is 425 g/mol. The van der Waals surface area contributed by atoms with E-state index in [1.165, 1.54) is 0 Å². The molecule has 0 radical (unpaired) electrons. The second-order valence-corrected chi connectivity index (χ2v) is 7.06. The molecule has 7 nitrogen and oxygen atoms in total. The highest BCUT2D eigenvalue weighted by molar-refractivity contribution is 5.85. The van der Waals surface area contributed by atoms with Crippen LogP contribution in [0.3, 0.4) is 0 Å². The molecular formula is C19H26Cl2N6O. The van der Waals surface area contributed by atoms with Gasteiger partial charge in [0, 0.05) is 25.3 Å². The van der Waals surface area contributed by atoms with Gasteiger partial charge in [-0.3, -0.25) is 4.79 Å². The minimum absolute atomic E-state index is 0. The van der Waals surface area contributed by atoms with Gasteiger partial charge in [-0.15, -0.1) is 24.8 Å². The van der Waals surface area contributed by atoms with Gasteiger partial charge in [-0.25, -0.2) is 4.98 Å². The summed E-state index contributed by atoms with van der Waals surface area (Å²) in [7, 11) is 0. The summed E-state index contributed by atoms with van der Waals surface area (Å²) in [6.45, 7) is 1.86. The number of amides is 1. The normalized spacial score (nSPS) is 23.1. The zero-order chi connectivity index (χ0) is 18.4. The number of hydrogen-bond donors (Lipinski definition) is 2. The zero-order valence-electron chi connectivity index (χ0n) is 15.6.